The zero-order chi connectivity index (χ0) is 9.10. The first kappa shape index (κ1) is 9.44. The Labute approximate surface area is 80.2 Å². The van der Waals surface area contributed by atoms with E-state index in [1.54, 1.807) is 0 Å². The Morgan fingerprint density at radius 3 is 2.85 bits per heavy atom. The molecule has 0 saturated carbocycles. The molecule has 0 bridgehead atoms. The van der Waals surface area contributed by atoms with Gasteiger partial charge >= 0.3 is 0 Å². The predicted octanol–water partition coefficient (Wildman–Crippen LogP) is 0.446. The fraction of sp³-hybridized carbons (Fsp3) is 1.00. The van der Waals surface area contributed by atoms with Crippen molar-refractivity contribution >= 4 is 0 Å². The molecular weight excluding hydrogens is 164 g/mol. The molecule has 3 heteroatoms. The summed E-state index contributed by atoms with van der Waals surface area (Å²) < 4.78 is 5.15. The summed E-state index contributed by atoms with van der Waals surface area (Å²) in [7, 11) is 0. The normalized spacial score (nSPS) is 31.6. The van der Waals surface area contributed by atoms with E-state index in [2.05, 4.69) is 4.90 Å². The van der Waals surface area contributed by atoms with Gasteiger partial charge in [-0.15, -0.1) is 0 Å². The molecule has 0 aromatic heterocycles. The van der Waals surface area contributed by atoms with Crippen LogP contribution in [-0.2, 0) is 4.74 Å². The molecule has 2 aliphatic heterocycles. The molecule has 0 aliphatic carbocycles. The van der Waals surface area contributed by atoms with Crippen molar-refractivity contribution in [3.63, 3.8) is 0 Å². The van der Waals surface area contributed by atoms with Gasteiger partial charge in [-0.1, -0.05) is 0 Å². The van der Waals surface area contributed by atoms with E-state index in [0.717, 1.165) is 25.7 Å². The summed E-state index contributed by atoms with van der Waals surface area (Å²) >= 11 is 0. The first-order valence-electron chi connectivity index (χ1n) is 5.40. The maximum Gasteiger partial charge on any atom is 0.0516 e. The predicted molar refractivity (Wildman–Crippen MR) is 52.6 cm³/mol. The van der Waals surface area contributed by atoms with Gasteiger partial charge in [0.1, 0.15) is 0 Å². The molecule has 0 radical (unpaired) electrons. The number of likely N-dealkylation sites (tertiary alicyclic amines) is 1. The Hall–Kier alpha value is -0.120. The number of nitrogens with zero attached hydrogens (tertiary/aromatic N) is 1. The number of hydrogen-bond acceptors (Lipinski definition) is 3. The Morgan fingerprint density at radius 2 is 2.23 bits per heavy atom. The van der Waals surface area contributed by atoms with E-state index in [1.165, 1.54) is 32.4 Å². The highest BCUT2D eigenvalue weighted by molar-refractivity contribution is 4.76. The highest BCUT2D eigenvalue weighted by Crippen LogP contribution is 2.16. The Bertz CT molecular complexity index is 159. The van der Waals surface area contributed by atoms with Gasteiger partial charge in [0, 0.05) is 18.5 Å². The van der Waals surface area contributed by atoms with Crippen molar-refractivity contribution in [2.45, 2.75) is 25.3 Å². The number of nitrogens with two attached hydrogens (primary N) is 1. The van der Waals surface area contributed by atoms with Crippen molar-refractivity contribution in [1.29, 1.82) is 0 Å². The van der Waals surface area contributed by atoms with Gasteiger partial charge in [0.05, 0.1) is 13.2 Å². The van der Waals surface area contributed by atoms with Gasteiger partial charge in [-0.2, -0.15) is 0 Å². The summed E-state index contributed by atoms with van der Waals surface area (Å²) in [6.45, 7) is 5.55. The molecule has 0 aromatic carbocycles. The fourth-order valence-electron chi connectivity index (χ4n) is 2.11. The van der Waals surface area contributed by atoms with E-state index < -0.39 is 0 Å². The van der Waals surface area contributed by atoms with Crippen LogP contribution in [0.3, 0.4) is 0 Å². The van der Waals surface area contributed by atoms with E-state index in [1.807, 2.05) is 0 Å². The van der Waals surface area contributed by atoms with Crippen molar-refractivity contribution in [1.82, 2.24) is 4.90 Å². The van der Waals surface area contributed by atoms with Crippen LogP contribution >= 0.6 is 0 Å². The number of rotatable bonds is 3. The Balaban J connectivity index is 1.62. The lowest BCUT2D eigenvalue weighted by Crippen LogP contribution is -2.44. The van der Waals surface area contributed by atoms with Crippen LogP contribution in [-0.4, -0.2) is 43.8 Å². The zero-order valence-corrected chi connectivity index (χ0v) is 8.24. The van der Waals surface area contributed by atoms with Crippen molar-refractivity contribution in [3.05, 3.63) is 0 Å². The minimum absolute atomic E-state index is 0.423. The van der Waals surface area contributed by atoms with E-state index in [0.29, 0.717) is 6.04 Å². The average molecular weight is 184 g/mol. The summed E-state index contributed by atoms with van der Waals surface area (Å²) in [6.07, 6.45) is 3.79. The third-order valence-electron chi connectivity index (χ3n) is 3.10. The third-order valence-corrected chi connectivity index (χ3v) is 3.10. The first-order chi connectivity index (χ1) is 6.34. The van der Waals surface area contributed by atoms with Crippen LogP contribution in [0, 0.1) is 5.92 Å². The van der Waals surface area contributed by atoms with Gasteiger partial charge in [0.2, 0.25) is 0 Å². The molecule has 2 N–H and O–H groups in total. The molecular formula is C10H20N2O. The topological polar surface area (TPSA) is 38.5 Å². The molecule has 76 valence electrons. The van der Waals surface area contributed by atoms with Gasteiger partial charge in [0.25, 0.3) is 0 Å². The lowest BCUT2D eigenvalue weighted by atomic mass is 10.0. The fourth-order valence-corrected chi connectivity index (χ4v) is 2.11. The minimum Gasteiger partial charge on any atom is -0.381 e. The third kappa shape index (κ3) is 2.66. The number of hydrogen-bond donors (Lipinski definition) is 1. The number of ether oxygens (including phenoxy) is 1. The Morgan fingerprint density at radius 1 is 1.38 bits per heavy atom. The highest BCUT2D eigenvalue weighted by Gasteiger charge is 2.21. The molecule has 1 atom stereocenters. The van der Waals surface area contributed by atoms with Crippen molar-refractivity contribution in [2.75, 3.05) is 32.8 Å². The summed E-state index contributed by atoms with van der Waals surface area (Å²) in [6, 6.07) is 0.423. The van der Waals surface area contributed by atoms with E-state index in [9.17, 15) is 0 Å². The van der Waals surface area contributed by atoms with Crippen LogP contribution in [0.4, 0.5) is 0 Å². The highest BCUT2D eigenvalue weighted by atomic mass is 16.5. The second-order valence-corrected chi connectivity index (χ2v) is 4.40. The second-order valence-electron chi connectivity index (χ2n) is 4.40. The average Bonchev–Trinajstić information content (AvgIpc) is 2.01. The Kier molecular flexibility index (Phi) is 3.19. The van der Waals surface area contributed by atoms with Crippen LogP contribution in [0.5, 0.6) is 0 Å². The SMILES string of the molecule is NC1CCCN(CCC2COC2)C1. The van der Waals surface area contributed by atoms with Crippen LogP contribution < -0.4 is 5.73 Å². The molecule has 3 nitrogen and oxygen atoms in total. The standard InChI is InChI=1S/C10H20N2O/c11-10-2-1-4-12(6-10)5-3-9-7-13-8-9/h9-10H,1-8,11H2. The van der Waals surface area contributed by atoms with Gasteiger partial charge in [0.15, 0.2) is 0 Å². The van der Waals surface area contributed by atoms with Crippen LogP contribution in [0.15, 0.2) is 0 Å². The van der Waals surface area contributed by atoms with Crippen LogP contribution in [0.2, 0.25) is 0 Å². The molecule has 2 heterocycles. The smallest absolute Gasteiger partial charge is 0.0516 e. The summed E-state index contributed by atoms with van der Waals surface area (Å²) in [4.78, 5) is 2.51. The minimum atomic E-state index is 0.423. The van der Waals surface area contributed by atoms with E-state index in [-0.39, 0.29) is 0 Å². The second kappa shape index (κ2) is 4.40. The summed E-state index contributed by atoms with van der Waals surface area (Å²) in [5.74, 6) is 0.832. The molecule has 2 saturated heterocycles. The molecule has 1 unspecified atom stereocenters. The summed E-state index contributed by atoms with van der Waals surface area (Å²) in [5.41, 5.74) is 5.91. The largest absolute Gasteiger partial charge is 0.381 e. The zero-order valence-electron chi connectivity index (χ0n) is 8.24. The molecule has 0 aromatic rings. The first-order valence-corrected chi connectivity index (χ1v) is 5.40. The van der Waals surface area contributed by atoms with Gasteiger partial charge in [-0.25, -0.2) is 0 Å². The van der Waals surface area contributed by atoms with Crippen molar-refractivity contribution < 1.29 is 4.74 Å². The monoisotopic (exact) mass is 184 g/mol. The maximum atomic E-state index is 5.91. The lowest BCUT2D eigenvalue weighted by molar-refractivity contribution is -0.0396. The summed E-state index contributed by atoms with van der Waals surface area (Å²) in [5, 5.41) is 0. The van der Waals surface area contributed by atoms with Crippen LogP contribution in [0.1, 0.15) is 19.3 Å². The van der Waals surface area contributed by atoms with Gasteiger partial charge in [-0.3, -0.25) is 0 Å². The molecule has 13 heavy (non-hydrogen) atoms. The molecule has 0 amide bonds. The maximum absolute atomic E-state index is 5.91. The molecule has 2 fully saturated rings. The van der Waals surface area contributed by atoms with Crippen LogP contribution in [0.25, 0.3) is 0 Å². The van der Waals surface area contributed by atoms with E-state index >= 15 is 0 Å². The van der Waals surface area contributed by atoms with Crippen molar-refractivity contribution in [2.24, 2.45) is 11.7 Å². The molecule has 2 rings (SSSR count). The lowest BCUT2D eigenvalue weighted by Gasteiger charge is -2.33. The van der Waals surface area contributed by atoms with Gasteiger partial charge < -0.3 is 15.4 Å². The van der Waals surface area contributed by atoms with Crippen molar-refractivity contribution in [3.8, 4) is 0 Å². The molecule has 0 spiro atoms. The van der Waals surface area contributed by atoms with Gasteiger partial charge in [-0.05, 0) is 32.4 Å². The van der Waals surface area contributed by atoms with E-state index in [4.69, 9.17) is 10.5 Å². The molecule has 2 aliphatic rings. The quantitative estimate of drug-likeness (QED) is 0.692. The number of piperidine rings is 1.